The molecule has 0 aliphatic carbocycles. The van der Waals surface area contributed by atoms with E-state index in [1.807, 2.05) is 0 Å². The summed E-state index contributed by atoms with van der Waals surface area (Å²) >= 11 is 0. The highest BCUT2D eigenvalue weighted by Gasteiger charge is 2.22. The monoisotopic (exact) mass is 442 g/mol. The van der Waals surface area contributed by atoms with Crippen LogP contribution in [-0.4, -0.2) is 24.4 Å². The van der Waals surface area contributed by atoms with Crippen LogP contribution in [-0.2, 0) is 6.42 Å². The molecule has 4 heteroatoms. The lowest BCUT2D eigenvalue weighted by Gasteiger charge is -2.17. The molecule has 0 amide bonds. The van der Waals surface area contributed by atoms with Crippen LogP contribution in [0.4, 0.5) is 0 Å². The largest absolute Gasteiger partial charge is 0.504 e. The quantitative estimate of drug-likeness (QED) is 0.242. The number of methoxy groups -OCH3 is 2. The maximum atomic E-state index is 10.6. The van der Waals surface area contributed by atoms with Crippen LogP contribution in [0.3, 0.4) is 0 Å². The molecule has 0 aromatic heterocycles. The predicted molar refractivity (Wildman–Crippen MR) is 135 cm³/mol. The van der Waals surface area contributed by atoms with Crippen molar-refractivity contribution in [2.75, 3.05) is 14.2 Å². The summed E-state index contributed by atoms with van der Waals surface area (Å²) in [5.74, 6) is 0.359. The molecule has 0 aliphatic heterocycles. The molecule has 0 atom stereocenters. The summed E-state index contributed by atoms with van der Waals surface area (Å²) in [4.78, 5) is 0. The molecule has 0 unspecified atom stereocenters. The minimum absolute atomic E-state index is 0.00729. The average Bonchev–Trinajstić information content (AvgIpc) is 2.76. The van der Waals surface area contributed by atoms with Gasteiger partial charge in [-0.1, -0.05) is 47.1 Å². The van der Waals surface area contributed by atoms with Gasteiger partial charge in [0.25, 0.3) is 0 Å². The zero-order valence-electron chi connectivity index (χ0n) is 21.0. The van der Waals surface area contributed by atoms with E-state index in [2.05, 4.69) is 58.1 Å². The summed E-state index contributed by atoms with van der Waals surface area (Å²) in [5, 5.41) is 21.0. The standard InChI is InChI=1S/C28H42O4/c1-8-9-10-13-20(2)14-11-15-21(3)16-12-17-22(4)18-19-24-23(5)25(29)27(31-6)28(32-7)26(24)30/h8-9,14,16,18,29-30H,10-13,15,17,19H2,1-7H3/b9-8-,20-14+,21-16+,22-18+. The maximum Gasteiger partial charge on any atom is 0.207 e. The van der Waals surface area contributed by atoms with Gasteiger partial charge in [0, 0.05) is 11.1 Å². The SMILES string of the molecule is C/C=C\CC/C(C)=C/CC/C(C)=C/CC/C(C)=C/Cc1c(C)c(O)c(OC)c(OC)c1O. The molecule has 1 rings (SSSR count). The zero-order valence-corrected chi connectivity index (χ0v) is 21.0. The van der Waals surface area contributed by atoms with E-state index in [1.54, 1.807) is 6.92 Å². The number of hydrogen-bond acceptors (Lipinski definition) is 4. The molecule has 0 spiro atoms. The Kier molecular flexibility index (Phi) is 12.4. The van der Waals surface area contributed by atoms with E-state index in [9.17, 15) is 10.2 Å². The molecule has 0 radical (unpaired) electrons. The van der Waals surface area contributed by atoms with E-state index in [0.717, 1.165) is 38.5 Å². The summed E-state index contributed by atoms with van der Waals surface area (Å²) in [7, 11) is 2.89. The molecular formula is C28H42O4. The second kappa shape index (κ2) is 14.4. The Labute approximate surface area is 195 Å². The van der Waals surface area contributed by atoms with Gasteiger partial charge >= 0.3 is 0 Å². The Morgan fingerprint density at radius 2 is 1.22 bits per heavy atom. The van der Waals surface area contributed by atoms with E-state index in [4.69, 9.17) is 9.47 Å². The van der Waals surface area contributed by atoms with Gasteiger partial charge in [-0.25, -0.2) is 0 Å². The van der Waals surface area contributed by atoms with E-state index < -0.39 is 0 Å². The number of allylic oxidation sites excluding steroid dienone is 8. The molecule has 0 saturated carbocycles. The third kappa shape index (κ3) is 8.49. The van der Waals surface area contributed by atoms with Crippen molar-refractivity contribution >= 4 is 0 Å². The minimum Gasteiger partial charge on any atom is -0.504 e. The lowest BCUT2D eigenvalue weighted by molar-refractivity contribution is 0.314. The van der Waals surface area contributed by atoms with Gasteiger partial charge in [-0.3, -0.25) is 0 Å². The summed E-state index contributed by atoms with van der Waals surface area (Å²) in [6.07, 6.45) is 18.1. The van der Waals surface area contributed by atoms with Crippen molar-refractivity contribution in [1.29, 1.82) is 0 Å². The number of ether oxygens (including phenoxy) is 2. The number of aromatic hydroxyl groups is 2. The first-order valence-corrected chi connectivity index (χ1v) is 11.5. The molecule has 0 saturated heterocycles. The van der Waals surface area contributed by atoms with Gasteiger partial charge in [-0.2, -0.15) is 0 Å². The number of hydrogen-bond donors (Lipinski definition) is 2. The van der Waals surface area contributed by atoms with Crippen LogP contribution >= 0.6 is 0 Å². The predicted octanol–water partition coefficient (Wildman–Crippen LogP) is 7.72. The smallest absolute Gasteiger partial charge is 0.207 e. The van der Waals surface area contributed by atoms with E-state index in [0.29, 0.717) is 17.5 Å². The highest BCUT2D eigenvalue weighted by molar-refractivity contribution is 5.66. The summed E-state index contributed by atoms with van der Waals surface area (Å²) in [6, 6.07) is 0. The van der Waals surface area contributed by atoms with Crippen molar-refractivity contribution in [3.63, 3.8) is 0 Å². The molecule has 0 bridgehead atoms. The molecule has 1 aromatic carbocycles. The second-order valence-corrected chi connectivity index (χ2v) is 8.41. The minimum atomic E-state index is 0.00729. The van der Waals surface area contributed by atoms with Gasteiger partial charge in [0.1, 0.15) is 0 Å². The van der Waals surface area contributed by atoms with E-state index in [-0.39, 0.29) is 23.0 Å². The first kappa shape index (κ1) is 27.4. The number of benzene rings is 1. The Balaban J connectivity index is 2.64. The molecule has 1 aromatic rings. The third-order valence-corrected chi connectivity index (χ3v) is 5.80. The van der Waals surface area contributed by atoms with Crippen LogP contribution in [0.2, 0.25) is 0 Å². The van der Waals surface area contributed by atoms with Crippen LogP contribution in [0.5, 0.6) is 23.0 Å². The van der Waals surface area contributed by atoms with Crippen molar-refractivity contribution in [2.24, 2.45) is 0 Å². The molecule has 2 N–H and O–H groups in total. The topological polar surface area (TPSA) is 58.9 Å². The van der Waals surface area contributed by atoms with Gasteiger partial charge in [-0.05, 0) is 79.6 Å². The number of rotatable bonds is 13. The molecule has 4 nitrogen and oxygen atoms in total. The van der Waals surface area contributed by atoms with Crippen LogP contribution in [0.1, 0.15) is 77.3 Å². The van der Waals surface area contributed by atoms with Crippen molar-refractivity contribution in [3.05, 3.63) is 58.2 Å². The van der Waals surface area contributed by atoms with E-state index in [1.165, 1.54) is 30.9 Å². The highest BCUT2D eigenvalue weighted by atomic mass is 16.5. The third-order valence-electron chi connectivity index (χ3n) is 5.80. The van der Waals surface area contributed by atoms with Crippen LogP contribution in [0, 0.1) is 6.92 Å². The lowest BCUT2D eigenvalue weighted by Crippen LogP contribution is -1.98. The Bertz CT molecular complexity index is 857. The fourth-order valence-electron chi connectivity index (χ4n) is 3.62. The second-order valence-electron chi connectivity index (χ2n) is 8.41. The van der Waals surface area contributed by atoms with Gasteiger partial charge in [0.2, 0.25) is 11.5 Å². The van der Waals surface area contributed by atoms with Crippen LogP contribution < -0.4 is 9.47 Å². The molecule has 0 aliphatic rings. The van der Waals surface area contributed by atoms with Crippen molar-refractivity contribution in [2.45, 2.75) is 79.6 Å². The molecule has 178 valence electrons. The molecule has 32 heavy (non-hydrogen) atoms. The lowest BCUT2D eigenvalue weighted by atomic mass is 9.99. The van der Waals surface area contributed by atoms with Crippen molar-refractivity contribution in [1.82, 2.24) is 0 Å². The van der Waals surface area contributed by atoms with Crippen LogP contribution in [0.25, 0.3) is 0 Å². The summed E-state index contributed by atoms with van der Waals surface area (Å²) in [5.41, 5.74) is 5.40. The highest BCUT2D eigenvalue weighted by Crippen LogP contribution is 2.48. The normalized spacial score (nSPS) is 13.2. The average molecular weight is 443 g/mol. The first-order valence-electron chi connectivity index (χ1n) is 11.5. The van der Waals surface area contributed by atoms with Crippen LogP contribution in [0.15, 0.2) is 47.1 Å². The summed E-state index contributed by atoms with van der Waals surface area (Å²) in [6.45, 7) is 10.4. The van der Waals surface area contributed by atoms with Gasteiger partial charge < -0.3 is 19.7 Å². The first-order chi connectivity index (χ1) is 15.3. The van der Waals surface area contributed by atoms with Crippen molar-refractivity contribution < 1.29 is 19.7 Å². The Hall–Kier alpha value is -2.62. The zero-order chi connectivity index (χ0) is 24.1. The fourth-order valence-corrected chi connectivity index (χ4v) is 3.62. The van der Waals surface area contributed by atoms with Gasteiger partial charge in [-0.15, -0.1) is 0 Å². The Morgan fingerprint density at radius 1 is 0.750 bits per heavy atom. The van der Waals surface area contributed by atoms with Gasteiger partial charge in [0.05, 0.1) is 14.2 Å². The molecular weight excluding hydrogens is 400 g/mol. The summed E-state index contributed by atoms with van der Waals surface area (Å²) < 4.78 is 10.4. The molecule has 0 heterocycles. The van der Waals surface area contributed by atoms with E-state index >= 15 is 0 Å². The van der Waals surface area contributed by atoms with Crippen molar-refractivity contribution in [3.8, 4) is 23.0 Å². The maximum absolute atomic E-state index is 10.6. The number of phenolic OH excluding ortho intramolecular Hbond substituents is 2. The number of phenols is 2. The van der Waals surface area contributed by atoms with Gasteiger partial charge in [0.15, 0.2) is 11.5 Å². The molecule has 0 fully saturated rings. The fraction of sp³-hybridized carbons (Fsp3) is 0.500. The Morgan fingerprint density at radius 3 is 1.72 bits per heavy atom.